The highest BCUT2D eigenvalue weighted by Gasteiger charge is 2.31. The van der Waals surface area contributed by atoms with Crippen LogP contribution in [0, 0.1) is 0 Å². The van der Waals surface area contributed by atoms with Crippen LogP contribution in [0.15, 0.2) is 0 Å². The minimum absolute atomic E-state index is 0.0684. The molecule has 1 rings (SSSR count). The fourth-order valence-electron chi connectivity index (χ4n) is 2.15. The van der Waals surface area contributed by atoms with Crippen LogP contribution in [0.2, 0.25) is 0 Å². The zero-order chi connectivity index (χ0) is 16.0. The predicted octanol–water partition coefficient (Wildman–Crippen LogP) is 0.251. The van der Waals surface area contributed by atoms with Gasteiger partial charge in [-0.2, -0.15) is 0 Å². The van der Waals surface area contributed by atoms with E-state index >= 15 is 0 Å². The second kappa shape index (κ2) is 7.26. The number of urea groups is 1. The Hall–Kier alpha value is -1.83. The van der Waals surface area contributed by atoms with Gasteiger partial charge in [-0.05, 0) is 32.6 Å². The van der Waals surface area contributed by atoms with Crippen molar-refractivity contribution >= 4 is 18.0 Å². The molecule has 0 bridgehead atoms. The molecule has 21 heavy (non-hydrogen) atoms. The second-order valence-corrected chi connectivity index (χ2v) is 5.61. The van der Waals surface area contributed by atoms with E-state index in [0.717, 1.165) is 0 Å². The van der Waals surface area contributed by atoms with Gasteiger partial charge < -0.3 is 25.5 Å². The van der Waals surface area contributed by atoms with E-state index < -0.39 is 29.6 Å². The van der Waals surface area contributed by atoms with Crippen LogP contribution in [-0.2, 0) is 9.59 Å². The van der Waals surface area contributed by atoms with Crippen LogP contribution in [0.5, 0.6) is 0 Å². The molecule has 1 atom stereocenters. The zero-order valence-electron chi connectivity index (χ0n) is 12.0. The molecule has 0 aromatic rings. The van der Waals surface area contributed by atoms with Gasteiger partial charge in [0.15, 0.2) is 0 Å². The molecule has 0 aromatic carbocycles. The van der Waals surface area contributed by atoms with E-state index in [1.807, 2.05) is 0 Å². The maximum absolute atomic E-state index is 12.0. The molecule has 1 fully saturated rings. The number of aliphatic hydroxyl groups is 1. The third-order valence-corrected chi connectivity index (χ3v) is 3.61. The monoisotopic (exact) mass is 302 g/mol. The van der Waals surface area contributed by atoms with Crippen LogP contribution in [0.4, 0.5) is 4.79 Å². The van der Waals surface area contributed by atoms with Gasteiger partial charge in [-0.15, -0.1) is 0 Å². The van der Waals surface area contributed by atoms with Gasteiger partial charge in [-0.25, -0.2) is 9.59 Å². The SMILES string of the molecule is CC1(O)CCN(C(=O)N[C@H](CCCC(=O)O)C(=O)O)CC1. The van der Waals surface area contributed by atoms with Crippen molar-refractivity contribution in [1.29, 1.82) is 0 Å². The first-order valence-electron chi connectivity index (χ1n) is 6.94. The van der Waals surface area contributed by atoms with Crippen molar-refractivity contribution in [3.63, 3.8) is 0 Å². The lowest BCUT2D eigenvalue weighted by Crippen LogP contribution is -2.52. The summed E-state index contributed by atoms with van der Waals surface area (Å²) in [6.45, 7) is 2.43. The number of carboxylic acids is 2. The molecule has 1 aliphatic rings. The summed E-state index contributed by atoms with van der Waals surface area (Å²) in [5, 5.41) is 29.8. The maximum Gasteiger partial charge on any atom is 0.326 e. The van der Waals surface area contributed by atoms with Crippen molar-refractivity contribution in [1.82, 2.24) is 10.2 Å². The Bertz CT molecular complexity index is 399. The van der Waals surface area contributed by atoms with Gasteiger partial charge in [-0.1, -0.05) is 0 Å². The Morgan fingerprint density at radius 1 is 1.24 bits per heavy atom. The molecule has 2 amide bonds. The highest BCUT2D eigenvalue weighted by molar-refractivity contribution is 5.82. The summed E-state index contributed by atoms with van der Waals surface area (Å²) in [6, 6.07) is -1.59. The molecule has 1 aliphatic heterocycles. The molecule has 8 heteroatoms. The quantitative estimate of drug-likeness (QED) is 0.557. The van der Waals surface area contributed by atoms with Crippen molar-refractivity contribution in [2.45, 2.75) is 50.7 Å². The lowest BCUT2D eigenvalue weighted by molar-refractivity contribution is -0.140. The molecular formula is C13H22N2O6. The standard InChI is InChI=1S/C13H22N2O6/c1-13(21)5-7-15(8-6-13)12(20)14-9(11(18)19)3-2-4-10(16)17/h9,21H,2-8H2,1H3,(H,14,20)(H,16,17)(H,18,19)/t9-/m1/s1. The first-order chi connectivity index (χ1) is 9.71. The summed E-state index contributed by atoms with van der Waals surface area (Å²) in [5.41, 5.74) is -0.787. The predicted molar refractivity (Wildman–Crippen MR) is 72.9 cm³/mol. The van der Waals surface area contributed by atoms with Gasteiger partial charge >= 0.3 is 18.0 Å². The number of carboxylic acid groups (broad SMARTS) is 2. The van der Waals surface area contributed by atoms with Gasteiger partial charge in [0.2, 0.25) is 0 Å². The number of hydrogen-bond donors (Lipinski definition) is 4. The first-order valence-corrected chi connectivity index (χ1v) is 6.94. The fourth-order valence-corrected chi connectivity index (χ4v) is 2.15. The molecular weight excluding hydrogens is 280 g/mol. The van der Waals surface area contributed by atoms with Gasteiger partial charge in [-0.3, -0.25) is 4.79 Å². The number of piperidine rings is 1. The minimum atomic E-state index is -1.18. The molecule has 120 valence electrons. The Labute approximate surface area is 122 Å². The summed E-state index contributed by atoms with van der Waals surface area (Å²) < 4.78 is 0. The maximum atomic E-state index is 12.0. The average molecular weight is 302 g/mol. The van der Waals surface area contributed by atoms with Gasteiger partial charge in [0.25, 0.3) is 0 Å². The third-order valence-electron chi connectivity index (χ3n) is 3.61. The van der Waals surface area contributed by atoms with Crippen LogP contribution in [0.3, 0.4) is 0 Å². The number of aliphatic carboxylic acids is 2. The molecule has 1 heterocycles. The number of nitrogens with zero attached hydrogens (tertiary/aromatic N) is 1. The van der Waals surface area contributed by atoms with E-state index in [2.05, 4.69) is 5.32 Å². The van der Waals surface area contributed by atoms with Crippen molar-refractivity contribution in [2.24, 2.45) is 0 Å². The largest absolute Gasteiger partial charge is 0.481 e. The molecule has 4 N–H and O–H groups in total. The van der Waals surface area contributed by atoms with Crippen LogP contribution in [0.25, 0.3) is 0 Å². The van der Waals surface area contributed by atoms with E-state index in [1.165, 1.54) is 4.90 Å². The van der Waals surface area contributed by atoms with E-state index in [-0.39, 0.29) is 19.3 Å². The van der Waals surface area contributed by atoms with Crippen molar-refractivity contribution in [3.05, 3.63) is 0 Å². The van der Waals surface area contributed by atoms with Crippen LogP contribution >= 0.6 is 0 Å². The van der Waals surface area contributed by atoms with Crippen molar-refractivity contribution < 1.29 is 29.7 Å². The number of likely N-dealkylation sites (tertiary alicyclic amines) is 1. The molecule has 0 spiro atoms. The smallest absolute Gasteiger partial charge is 0.326 e. The number of nitrogens with one attached hydrogen (secondary N) is 1. The highest BCUT2D eigenvalue weighted by Crippen LogP contribution is 2.21. The van der Waals surface area contributed by atoms with E-state index in [0.29, 0.717) is 25.9 Å². The molecule has 0 radical (unpaired) electrons. The minimum Gasteiger partial charge on any atom is -0.481 e. The Balaban J connectivity index is 2.45. The first kappa shape index (κ1) is 17.2. The Morgan fingerprint density at radius 3 is 2.29 bits per heavy atom. The normalized spacial score (nSPS) is 18.9. The second-order valence-electron chi connectivity index (χ2n) is 5.61. The van der Waals surface area contributed by atoms with Crippen LogP contribution in [0.1, 0.15) is 39.0 Å². The van der Waals surface area contributed by atoms with Crippen molar-refractivity contribution in [3.8, 4) is 0 Å². The van der Waals surface area contributed by atoms with Gasteiger partial charge in [0, 0.05) is 19.5 Å². The number of hydrogen-bond acceptors (Lipinski definition) is 4. The number of carbonyl (C=O) groups is 3. The van der Waals surface area contributed by atoms with E-state index in [1.54, 1.807) is 6.92 Å². The van der Waals surface area contributed by atoms with E-state index in [4.69, 9.17) is 10.2 Å². The summed E-state index contributed by atoms with van der Waals surface area (Å²) in [5.74, 6) is -2.18. The molecule has 8 nitrogen and oxygen atoms in total. The summed E-state index contributed by atoms with van der Waals surface area (Å²) in [6.07, 6.45) is 1.00. The lowest BCUT2D eigenvalue weighted by Gasteiger charge is -2.36. The highest BCUT2D eigenvalue weighted by atomic mass is 16.4. The molecule has 1 saturated heterocycles. The number of carbonyl (C=O) groups excluding carboxylic acids is 1. The molecule has 0 aromatic heterocycles. The van der Waals surface area contributed by atoms with Gasteiger partial charge in [0.05, 0.1) is 5.60 Å². The lowest BCUT2D eigenvalue weighted by atomic mass is 9.94. The Kier molecular flexibility index (Phi) is 5.95. The molecule has 0 aliphatic carbocycles. The summed E-state index contributed by atoms with van der Waals surface area (Å²) >= 11 is 0. The van der Waals surface area contributed by atoms with Crippen LogP contribution in [-0.4, -0.2) is 62.9 Å². The van der Waals surface area contributed by atoms with Crippen LogP contribution < -0.4 is 5.32 Å². The Morgan fingerprint density at radius 2 is 1.81 bits per heavy atom. The summed E-state index contributed by atoms with van der Waals surface area (Å²) in [7, 11) is 0. The third kappa shape index (κ3) is 5.99. The van der Waals surface area contributed by atoms with E-state index in [9.17, 15) is 19.5 Å². The topological polar surface area (TPSA) is 127 Å². The summed E-state index contributed by atoms with van der Waals surface area (Å²) in [4.78, 5) is 34.9. The van der Waals surface area contributed by atoms with Crippen molar-refractivity contribution in [2.75, 3.05) is 13.1 Å². The number of amides is 2. The molecule has 0 unspecified atom stereocenters. The molecule has 0 saturated carbocycles. The average Bonchev–Trinajstić information content (AvgIpc) is 2.36. The van der Waals surface area contributed by atoms with Gasteiger partial charge in [0.1, 0.15) is 6.04 Å². The number of rotatable bonds is 6. The fraction of sp³-hybridized carbons (Fsp3) is 0.769. The zero-order valence-corrected chi connectivity index (χ0v) is 12.0.